The van der Waals surface area contributed by atoms with Gasteiger partial charge >= 0.3 is 0 Å². The molecule has 0 aliphatic carbocycles. The number of methoxy groups -OCH3 is 2. The molecule has 2 N–H and O–H groups in total. The van der Waals surface area contributed by atoms with Gasteiger partial charge in [-0.3, -0.25) is 0 Å². The van der Waals surface area contributed by atoms with Crippen molar-refractivity contribution >= 4 is 11.4 Å². The van der Waals surface area contributed by atoms with Gasteiger partial charge in [0.25, 0.3) is 0 Å². The van der Waals surface area contributed by atoms with Gasteiger partial charge in [0.1, 0.15) is 12.0 Å². The maximum Gasteiger partial charge on any atom is 0.140 e. The molecule has 1 aromatic rings. The molecule has 0 bridgehead atoms. The second-order valence-corrected chi connectivity index (χ2v) is 5.02. The summed E-state index contributed by atoms with van der Waals surface area (Å²) in [6.45, 7) is 4.11. The molecule has 18 heavy (non-hydrogen) atoms. The van der Waals surface area contributed by atoms with Gasteiger partial charge in [-0.15, -0.1) is 0 Å². The van der Waals surface area contributed by atoms with Crippen molar-refractivity contribution in [2.24, 2.45) is 0 Å². The average Bonchev–Trinajstić information content (AvgIpc) is 2.71. The van der Waals surface area contributed by atoms with Crippen LogP contribution in [-0.2, 0) is 9.47 Å². The van der Waals surface area contributed by atoms with E-state index in [1.54, 1.807) is 14.2 Å². The minimum absolute atomic E-state index is 0.0537. The summed E-state index contributed by atoms with van der Waals surface area (Å²) < 4.78 is 11.2. The van der Waals surface area contributed by atoms with Crippen molar-refractivity contribution in [1.82, 2.24) is 0 Å². The first-order valence-electron chi connectivity index (χ1n) is 6.25. The molecule has 1 heterocycles. The number of anilines is 2. The zero-order valence-corrected chi connectivity index (χ0v) is 11.6. The monoisotopic (exact) mass is 250 g/mol. The third kappa shape index (κ3) is 2.06. The molecule has 0 saturated carbocycles. The van der Waals surface area contributed by atoms with E-state index < -0.39 is 0 Å². The van der Waals surface area contributed by atoms with E-state index in [-0.39, 0.29) is 12.0 Å². The fraction of sp³-hybridized carbons (Fsp3) is 0.571. The number of hydrogen-bond acceptors (Lipinski definition) is 4. The Balaban J connectivity index is 2.40. The van der Waals surface area contributed by atoms with E-state index in [1.165, 1.54) is 0 Å². The first-order chi connectivity index (χ1) is 8.51. The van der Waals surface area contributed by atoms with Gasteiger partial charge in [-0.25, -0.2) is 0 Å². The second kappa shape index (κ2) is 4.78. The molecule has 1 aliphatic rings. The molecule has 1 aliphatic heterocycles. The van der Waals surface area contributed by atoms with Crippen LogP contribution < -0.4 is 10.6 Å². The fourth-order valence-corrected chi connectivity index (χ4v) is 2.62. The molecule has 0 amide bonds. The van der Waals surface area contributed by atoms with E-state index >= 15 is 0 Å². The normalized spacial score (nSPS) is 27.8. The Morgan fingerprint density at radius 2 is 2.11 bits per heavy atom. The van der Waals surface area contributed by atoms with E-state index in [0.29, 0.717) is 0 Å². The Morgan fingerprint density at radius 3 is 2.67 bits per heavy atom. The fourth-order valence-electron chi connectivity index (χ4n) is 2.62. The SMILES string of the molecule is COC1CCC(C)(OC)N1c1ccc(N)c(C)c1. The Labute approximate surface area is 109 Å². The van der Waals surface area contributed by atoms with E-state index in [4.69, 9.17) is 15.2 Å². The van der Waals surface area contributed by atoms with Crippen LogP contribution >= 0.6 is 0 Å². The van der Waals surface area contributed by atoms with Gasteiger partial charge in [-0.1, -0.05) is 0 Å². The molecule has 100 valence electrons. The topological polar surface area (TPSA) is 47.7 Å². The number of nitrogens with zero attached hydrogens (tertiary/aromatic N) is 1. The third-order valence-corrected chi connectivity index (χ3v) is 3.90. The summed E-state index contributed by atoms with van der Waals surface area (Å²) in [7, 11) is 3.48. The minimum Gasteiger partial charge on any atom is -0.399 e. The number of aryl methyl sites for hydroxylation is 1. The maximum atomic E-state index is 5.87. The standard InChI is InChI=1S/C14H22N2O2/c1-10-9-11(5-6-12(10)15)16-13(17-3)7-8-14(16,2)18-4/h5-6,9,13H,7-8,15H2,1-4H3. The molecule has 2 rings (SSSR count). The summed E-state index contributed by atoms with van der Waals surface area (Å²) >= 11 is 0. The van der Waals surface area contributed by atoms with Gasteiger partial charge in [-0.2, -0.15) is 0 Å². The van der Waals surface area contributed by atoms with E-state index in [9.17, 15) is 0 Å². The first kappa shape index (κ1) is 13.2. The van der Waals surface area contributed by atoms with Crippen LogP contribution in [0.2, 0.25) is 0 Å². The van der Waals surface area contributed by atoms with Crippen LogP contribution in [0.5, 0.6) is 0 Å². The van der Waals surface area contributed by atoms with Gasteiger partial charge in [0.2, 0.25) is 0 Å². The van der Waals surface area contributed by atoms with Gasteiger partial charge in [0, 0.05) is 25.6 Å². The van der Waals surface area contributed by atoms with Crippen molar-refractivity contribution in [1.29, 1.82) is 0 Å². The van der Waals surface area contributed by atoms with Crippen LogP contribution in [0.3, 0.4) is 0 Å². The lowest BCUT2D eigenvalue weighted by molar-refractivity contribution is -0.000876. The Hall–Kier alpha value is -1.26. The Morgan fingerprint density at radius 1 is 1.39 bits per heavy atom. The predicted molar refractivity (Wildman–Crippen MR) is 73.5 cm³/mol. The van der Waals surface area contributed by atoms with Gasteiger partial charge in [-0.05, 0) is 50.5 Å². The molecule has 1 fully saturated rings. The van der Waals surface area contributed by atoms with Crippen molar-refractivity contribution in [3.63, 3.8) is 0 Å². The average molecular weight is 250 g/mol. The molecular formula is C14H22N2O2. The summed E-state index contributed by atoms with van der Waals surface area (Å²) in [6, 6.07) is 6.05. The summed E-state index contributed by atoms with van der Waals surface area (Å²) in [4.78, 5) is 2.19. The van der Waals surface area contributed by atoms with Crippen molar-refractivity contribution in [2.45, 2.75) is 38.6 Å². The number of benzene rings is 1. The first-order valence-corrected chi connectivity index (χ1v) is 6.25. The molecule has 1 aromatic carbocycles. The van der Waals surface area contributed by atoms with Crippen molar-refractivity contribution in [2.75, 3.05) is 24.9 Å². The smallest absolute Gasteiger partial charge is 0.140 e. The quantitative estimate of drug-likeness (QED) is 0.837. The highest BCUT2D eigenvalue weighted by atomic mass is 16.5. The minimum atomic E-state index is -0.316. The molecule has 1 saturated heterocycles. The summed E-state index contributed by atoms with van der Waals surface area (Å²) in [5, 5.41) is 0. The number of rotatable bonds is 3. The highest BCUT2D eigenvalue weighted by molar-refractivity contribution is 5.59. The Bertz CT molecular complexity index is 436. The molecule has 2 atom stereocenters. The van der Waals surface area contributed by atoms with Crippen LogP contribution in [-0.4, -0.2) is 26.2 Å². The lowest BCUT2D eigenvalue weighted by Gasteiger charge is -2.38. The number of hydrogen-bond donors (Lipinski definition) is 1. The predicted octanol–water partition coefficient (Wildman–Crippen LogP) is 2.51. The van der Waals surface area contributed by atoms with Crippen molar-refractivity contribution in [3.05, 3.63) is 23.8 Å². The molecule has 0 spiro atoms. The maximum absolute atomic E-state index is 5.87. The largest absolute Gasteiger partial charge is 0.399 e. The second-order valence-electron chi connectivity index (χ2n) is 5.02. The zero-order valence-electron chi connectivity index (χ0n) is 11.6. The van der Waals surface area contributed by atoms with Crippen LogP contribution in [0.1, 0.15) is 25.3 Å². The molecule has 4 heteroatoms. The van der Waals surface area contributed by atoms with Gasteiger partial charge in [0.05, 0.1) is 0 Å². The number of nitrogen functional groups attached to an aromatic ring is 1. The lowest BCUT2D eigenvalue weighted by atomic mass is 10.1. The summed E-state index contributed by atoms with van der Waals surface area (Å²) in [5.41, 5.74) is 8.54. The van der Waals surface area contributed by atoms with Gasteiger partial charge < -0.3 is 20.1 Å². The highest BCUT2D eigenvalue weighted by Crippen LogP contribution is 2.39. The van der Waals surface area contributed by atoms with Crippen molar-refractivity contribution in [3.8, 4) is 0 Å². The van der Waals surface area contributed by atoms with Crippen molar-refractivity contribution < 1.29 is 9.47 Å². The molecule has 0 aromatic heterocycles. The third-order valence-electron chi connectivity index (χ3n) is 3.90. The summed E-state index contributed by atoms with van der Waals surface area (Å²) in [6.07, 6.45) is 1.97. The molecule has 2 unspecified atom stereocenters. The summed E-state index contributed by atoms with van der Waals surface area (Å²) in [5.74, 6) is 0. The van der Waals surface area contributed by atoms with Crippen LogP contribution in [0.15, 0.2) is 18.2 Å². The van der Waals surface area contributed by atoms with Crippen LogP contribution in [0, 0.1) is 6.92 Å². The molecule has 4 nitrogen and oxygen atoms in total. The number of ether oxygens (including phenoxy) is 2. The Kier molecular flexibility index (Phi) is 3.50. The van der Waals surface area contributed by atoms with E-state index in [2.05, 4.69) is 17.9 Å². The van der Waals surface area contributed by atoms with E-state index in [0.717, 1.165) is 29.8 Å². The highest BCUT2D eigenvalue weighted by Gasteiger charge is 2.43. The molecule has 0 radical (unpaired) electrons. The van der Waals surface area contributed by atoms with Crippen LogP contribution in [0.4, 0.5) is 11.4 Å². The van der Waals surface area contributed by atoms with Crippen LogP contribution in [0.25, 0.3) is 0 Å². The number of nitrogens with two attached hydrogens (primary N) is 1. The lowest BCUT2D eigenvalue weighted by Crippen LogP contribution is -2.47. The van der Waals surface area contributed by atoms with Gasteiger partial charge in [0.15, 0.2) is 0 Å². The zero-order chi connectivity index (χ0) is 13.3. The molecular weight excluding hydrogens is 228 g/mol. The van der Waals surface area contributed by atoms with E-state index in [1.807, 2.05) is 19.1 Å².